The lowest BCUT2D eigenvalue weighted by molar-refractivity contribution is 0.0964. The largest absolute Gasteiger partial charge is 0.479 e. The third-order valence-electron chi connectivity index (χ3n) is 5.75. The lowest BCUT2D eigenvalue weighted by Gasteiger charge is -2.20. The molecule has 1 saturated carbocycles. The van der Waals surface area contributed by atoms with Crippen molar-refractivity contribution in [2.24, 2.45) is 0 Å². The summed E-state index contributed by atoms with van der Waals surface area (Å²) in [5.74, 6) is -0.0976. The molecule has 0 saturated heterocycles. The van der Waals surface area contributed by atoms with Gasteiger partial charge in [0.1, 0.15) is 23.4 Å². The number of halogens is 1. The minimum absolute atomic E-state index is 0.150. The number of hydrogen-bond acceptors (Lipinski definition) is 6. The average Bonchev–Trinajstić information content (AvgIpc) is 3.58. The van der Waals surface area contributed by atoms with Gasteiger partial charge in [-0.15, -0.1) is 0 Å². The zero-order chi connectivity index (χ0) is 24.4. The van der Waals surface area contributed by atoms with E-state index in [1.807, 2.05) is 6.07 Å². The van der Waals surface area contributed by atoms with Crippen LogP contribution in [0.1, 0.15) is 34.7 Å². The Bertz CT molecular complexity index is 1210. The zero-order valence-corrected chi connectivity index (χ0v) is 19.8. The van der Waals surface area contributed by atoms with Gasteiger partial charge in [-0.25, -0.2) is 4.39 Å². The Kier molecular flexibility index (Phi) is 7.37. The van der Waals surface area contributed by atoms with Gasteiger partial charge in [0.25, 0.3) is 5.91 Å². The SMILES string of the molecule is CNC(=O)c1c(-c2ccc(F)cc2)oc2cc(N(CCOCB(O)O)[SH+](C)=O)c(C3CC3)cc12. The van der Waals surface area contributed by atoms with Crippen LogP contribution in [-0.2, 0) is 19.9 Å². The van der Waals surface area contributed by atoms with Crippen molar-refractivity contribution in [3.63, 3.8) is 0 Å². The molecule has 1 atom stereocenters. The van der Waals surface area contributed by atoms with Crippen LogP contribution in [0, 0.1) is 5.82 Å². The number of nitrogens with zero attached hydrogens (tertiary/aromatic N) is 1. The van der Waals surface area contributed by atoms with Crippen LogP contribution in [0.4, 0.5) is 10.1 Å². The highest BCUT2D eigenvalue weighted by molar-refractivity contribution is 7.85. The maximum atomic E-state index is 13.5. The number of carbonyl (C=O) groups is 1. The Morgan fingerprint density at radius 1 is 1.29 bits per heavy atom. The molecule has 1 aliphatic rings. The Balaban J connectivity index is 1.82. The normalized spacial score (nSPS) is 14.3. The minimum Gasteiger partial charge on any atom is -0.455 e. The molecule has 180 valence electrons. The second kappa shape index (κ2) is 10.3. The van der Waals surface area contributed by atoms with E-state index in [4.69, 9.17) is 19.2 Å². The van der Waals surface area contributed by atoms with E-state index in [1.54, 1.807) is 35.8 Å². The molecular weight excluding hydrogens is 462 g/mol. The number of rotatable bonds is 10. The van der Waals surface area contributed by atoms with Crippen molar-refractivity contribution in [3.05, 3.63) is 53.3 Å². The van der Waals surface area contributed by atoms with Gasteiger partial charge in [0.2, 0.25) is 0 Å². The van der Waals surface area contributed by atoms with E-state index >= 15 is 0 Å². The summed E-state index contributed by atoms with van der Waals surface area (Å²) in [7, 11) is -1.82. The molecule has 1 aliphatic carbocycles. The maximum absolute atomic E-state index is 13.5. The van der Waals surface area contributed by atoms with Gasteiger partial charge in [0, 0.05) is 24.1 Å². The Labute approximate surface area is 199 Å². The number of benzene rings is 2. The highest BCUT2D eigenvalue weighted by Gasteiger charge is 2.33. The molecule has 34 heavy (non-hydrogen) atoms. The third-order valence-corrected chi connectivity index (χ3v) is 6.84. The Morgan fingerprint density at radius 2 is 2.00 bits per heavy atom. The quantitative estimate of drug-likeness (QED) is 0.175. The lowest BCUT2D eigenvalue weighted by Crippen LogP contribution is -2.31. The molecule has 8 nitrogen and oxygen atoms in total. The number of carbonyl (C=O) groups excluding carboxylic acids is 1. The monoisotopic (exact) mass is 489 g/mol. The molecule has 1 unspecified atom stereocenters. The molecule has 2 aromatic carbocycles. The molecule has 0 spiro atoms. The van der Waals surface area contributed by atoms with Gasteiger partial charge >= 0.3 is 7.12 Å². The lowest BCUT2D eigenvalue weighted by atomic mass is 9.95. The zero-order valence-electron chi connectivity index (χ0n) is 19.0. The molecule has 1 fully saturated rings. The van der Waals surface area contributed by atoms with E-state index in [0.29, 0.717) is 27.9 Å². The number of thiol groups is 1. The molecule has 1 aromatic heterocycles. The number of furan rings is 1. The summed E-state index contributed by atoms with van der Waals surface area (Å²) >= 11 is 0. The van der Waals surface area contributed by atoms with Gasteiger partial charge in [-0.2, -0.15) is 4.31 Å². The predicted molar refractivity (Wildman–Crippen MR) is 131 cm³/mol. The van der Waals surface area contributed by atoms with E-state index in [1.165, 1.54) is 12.1 Å². The van der Waals surface area contributed by atoms with Crippen LogP contribution < -0.4 is 9.62 Å². The topological polar surface area (TPSA) is 112 Å². The van der Waals surface area contributed by atoms with Crippen LogP contribution >= 0.6 is 0 Å². The summed E-state index contributed by atoms with van der Waals surface area (Å²) in [6, 6.07) is 9.45. The third kappa shape index (κ3) is 5.17. The van der Waals surface area contributed by atoms with Crippen LogP contribution in [0.15, 0.2) is 40.8 Å². The van der Waals surface area contributed by atoms with Gasteiger partial charge in [0.05, 0.1) is 30.9 Å². The van der Waals surface area contributed by atoms with E-state index in [0.717, 1.165) is 24.1 Å². The van der Waals surface area contributed by atoms with E-state index < -0.39 is 23.9 Å². The molecule has 1 amide bonds. The van der Waals surface area contributed by atoms with E-state index in [-0.39, 0.29) is 31.5 Å². The summed E-state index contributed by atoms with van der Waals surface area (Å²) in [5.41, 5.74) is 3.09. The number of ether oxygens (including phenoxy) is 1. The van der Waals surface area contributed by atoms with Crippen molar-refractivity contribution in [3.8, 4) is 11.3 Å². The Morgan fingerprint density at radius 3 is 2.59 bits per heavy atom. The van der Waals surface area contributed by atoms with Gasteiger partial charge in [-0.3, -0.25) is 4.79 Å². The first-order chi connectivity index (χ1) is 16.3. The molecule has 1 heterocycles. The summed E-state index contributed by atoms with van der Waals surface area (Å²) in [6.07, 6.45) is 3.56. The highest BCUT2D eigenvalue weighted by atomic mass is 32.2. The van der Waals surface area contributed by atoms with Gasteiger partial charge in [-0.1, -0.05) is 4.21 Å². The van der Waals surface area contributed by atoms with Crippen LogP contribution in [0.2, 0.25) is 0 Å². The first-order valence-corrected chi connectivity index (χ1v) is 12.7. The number of hydrogen-bond donors (Lipinski definition) is 3. The molecule has 4 rings (SSSR count). The second-order valence-electron chi connectivity index (χ2n) is 8.22. The molecule has 3 aromatic rings. The van der Waals surface area contributed by atoms with Crippen molar-refractivity contribution < 1.29 is 32.6 Å². The van der Waals surface area contributed by atoms with E-state index in [9.17, 15) is 13.4 Å². The summed E-state index contributed by atoms with van der Waals surface area (Å²) < 4.78 is 39.3. The number of fused-ring (bicyclic) bond motifs is 1. The standard InChI is InChI=1S/C23H26BFN2O6S/c1-26-23(28)21-18-11-17(14-3-4-14)19(27(34(2)31)9-10-32-13-24(29)30)12-20(18)33-22(21)15-5-7-16(25)8-6-15/h5-8,11-12,14,29-30H,3-4,9-10,13H2,1-2H3,(H,26,28)/p+1. The fraction of sp³-hybridized carbons (Fsp3) is 0.348. The van der Waals surface area contributed by atoms with Crippen LogP contribution in [0.25, 0.3) is 22.3 Å². The molecule has 11 heteroatoms. The number of nitrogens with one attached hydrogen (secondary N) is 1. The van der Waals surface area contributed by atoms with Crippen molar-refractivity contribution >= 4 is 40.7 Å². The van der Waals surface area contributed by atoms with Gasteiger partial charge in [0.15, 0.2) is 11.0 Å². The fourth-order valence-electron chi connectivity index (χ4n) is 4.00. The predicted octanol–water partition coefficient (Wildman–Crippen LogP) is 2.55. The molecular formula is C23H27BFN2O6S+. The first-order valence-electron chi connectivity index (χ1n) is 11.0. The van der Waals surface area contributed by atoms with Crippen LogP contribution in [0.5, 0.6) is 0 Å². The second-order valence-corrected chi connectivity index (χ2v) is 9.63. The number of amides is 1. The average molecular weight is 489 g/mol. The fourth-order valence-corrected chi connectivity index (χ4v) is 4.84. The van der Waals surface area contributed by atoms with E-state index in [2.05, 4.69) is 5.32 Å². The number of anilines is 1. The molecule has 3 N–H and O–H groups in total. The summed E-state index contributed by atoms with van der Waals surface area (Å²) in [6.45, 7) is 0.187. The molecule has 0 radical (unpaired) electrons. The minimum atomic E-state index is -1.79. The van der Waals surface area contributed by atoms with Crippen molar-refractivity contribution in [2.75, 3.05) is 37.3 Å². The summed E-state index contributed by atoms with van der Waals surface area (Å²) in [4.78, 5) is 12.8. The Hall–Kier alpha value is -2.73. The maximum Gasteiger partial charge on any atom is 0.479 e. The highest BCUT2D eigenvalue weighted by Crippen LogP contribution is 2.47. The molecule has 0 bridgehead atoms. The van der Waals surface area contributed by atoms with Crippen molar-refractivity contribution in [1.29, 1.82) is 0 Å². The van der Waals surface area contributed by atoms with Gasteiger partial charge < -0.3 is 24.5 Å². The first kappa shape index (κ1) is 24.4. The van der Waals surface area contributed by atoms with Gasteiger partial charge in [-0.05, 0) is 54.7 Å². The van der Waals surface area contributed by atoms with Crippen molar-refractivity contribution in [2.45, 2.75) is 18.8 Å². The molecule has 0 aliphatic heterocycles. The van der Waals surface area contributed by atoms with Crippen LogP contribution in [-0.4, -0.2) is 56.0 Å². The summed E-state index contributed by atoms with van der Waals surface area (Å²) in [5, 5.41) is 21.3. The smallest absolute Gasteiger partial charge is 0.455 e. The van der Waals surface area contributed by atoms with Crippen LogP contribution in [0.3, 0.4) is 0 Å². The van der Waals surface area contributed by atoms with Crippen molar-refractivity contribution in [1.82, 2.24) is 5.32 Å².